The van der Waals surface area contributed by atoms with Gasteiger partial charge in [-0.25, -0.2) is 0 Å². The van der Waals surface area contributed by atoms with Crippen LogP contribution in [0.3, 0.4) is 0 Å². The molecule has 3 atom stereocenters. The van der Waals surface area contributed by atoms with E-state index in [0.29, 0.717) is 17.4 Å². The maximum absolute atomic E-state index is 10.5. The van der Waals surface area contributed by atoms with Gasteiger partial charge in [0.25, 0.3) is 0 Å². The van der Waals surface area contributed by atoms with E-state index in [9.17, 15) is 10.2 Å². The van der Waals surface area contributed by atoms with Crippen molar-refractivity contribution in [1.29, 1.82) is 0 Å². The molecule has 2 N–H and O–H groups in total. The summed E-state index contributed by atoms with van der Waals surface area (Å²) >= 11 is 0. The van der Waals surface area contributed by atoms with E-state index in [1.807, 2.05) is 6.92 Å². The normalized spacial score (nSPS) is 22.0. The fourth-order valence-corrected chi connectivity index (χ4v) is 3.97. The first-order valence-electron chi connectivity index (χ1n) is 9.12. The van der Waals surface area contributed by atoms with Crippen LogP contribution in [0.4, 0.5) is 0 Å². The Kier molecular flexibility index (Phi) is 6.15. The molecule has 0 saturated carbocycles. The number of hydrogen-bond donors (Lipinski definition) is 2. The minimum absolute atomic E-state index is 0.0982. The largest absolute Gasteiger partial charge is 0.507 e. The van der Waals surface area contributed by atoms with Crippen LogP contribution in [0.25, 0.3) is 0 Å². The van der Waals surface area contributed by atoms with Gasteiger partial charge in [0.1, 0.15) is 11.5 Å². The summed E-state index contributed by atoms with van der Waals surface area (Å²) in [5.74, 6) is 1.56. The number of rotatable bonds is 5. The average molecular weight is 328 g/mol. The van der Waals surface area contributed by atoms with E-state index in [2.05, 4.69) is 39.8 Å². The van der Waals surface area contributed by atoms with Gasteiger partial charge in [0, 0.05) is 11.5 Å². The first-order chi connectivity index (χ1) is 11.3. The fraction of sp³-hybridized carbons (Fsp3) is 0.545. The third-order valence-electron chi connectivity index (χ3n) is 5.32. The van der Waals surface area contributed by atoms with Gasteiger partial charge >= 0.3 is 0 Å². The summed E-state index contributed by atoms with van der Waals surface area (Å²) in [6.45, 7) is 10.6. The van der Waals surface area contributed by atoms with Gasteiger partial charge in [-0.2, -0.15) is 0 Å². The van der Waals surface area contributed by atoms with Crippen LogP contribution in [0.1, 0.15) is 70.4 Å². The zero-order valence-corrected chi connectivity index (χ0v) is 15.8. The Balaban J connectivity index is 2.30. The number of hydrogen-bond acceptors (Lipinski definition) is 2. The van der Waals surface area contributed by atoms with Crippen molar-refractivity contribution in [1.82, 2.24) is 0 Å². The highest BCUT2D eigenvalue weighted by Gasteiger charge is 2.32. The predicted molar refractivity (Wildman–Crippen MR) is 102 cm³/mol. The van der Waals surface area contributed by atoms with E-state index in [4.69, 9.17) is 0 Å². The van der Waals surface area contributed by atoms with Crippen molar-refractivity contribution >= 4 is 0 Å². The predicted octanol–water partition coefficient (Wildman–Crippen LogP) is 6.23. The summed E-state index contributed by atoms with van der Waals surface area (Å²) < 4.78 is 0. The van der Waals surface area contributed by atoms with Gasteiger partial charge in [0.2, 0.25) is 0 Å². The van der Waals surface area contributed by atoms with Crippen molar-refractivity contribution in [2.45, 2.75) is 66.2 Å². The third kappa shape index (κ3) is 4.43. The summed E-state index contributed by atoms with van der Waals surface area (Å²) in [4.78, 5) is 0. The smallest absolute Gasteiger partial charge is 0.123 e. The van der Waals surface area contributed by atoms with Gasteiger partial charge in [-0.3, -0.25) is 0 Å². The van der Waals surface area contributed by atoms with Gasteiger partial charge in [-0.05, 0) is 82.9 Å². The van der Waals surface area contributed by atoms with Crippen LogP contribution in [-0.4, -0.2) is 10.2 Å². The second kappa shape index (κ2) is 7.92. The molecule has 0 fully saturated rings. The second-order valence-electron chi connectivity index (χ2n) is 7.79. The number of aromatic hydroxyl groups is 2. The minimum Gasteiger partial charge on any atom is -0.507 e. The van der Waals surface area contributed by atoms with Crippen LogP contribution in [0, 0.1) is 18.8 Å². The molecule has 0 aromatic heterocycles. The van der Waals surface area contributed by atoms with E-state index in [1.54, 1.807) is 12.1 Å². The van der Waals surface area contributed by atoms with Gasteiger partial charge in [0.15, 0.2) is 0 Å². The molecule has 2 rings (SSSR count). The van der Waals surface area contributed by atoms with E-state index < -0.39 is 0 Å². The molecular formula is C22H32O2. The fourth-order valence-electron chi connectivity index (χ4n) is 3.97. The molecule has 2 heteroatoms. The van der Waals surface area contributed by atoms with Gasteiger partial charge in [-0.15, -0.1) is 0 Å². The molecule has 0 spiro atoms. The zero-order valence-electron chi connectivity index (χ0n) is 15.8. The molecule has 0 bridgehead atoms. The van der Waals surface area contributed by atoms with Crippen LogP contribution in [-0.2, 0) is 0 Å². The zero-order chi connectivity index (χ0) is 17.9. The molecule has 1 aliphatic rings. The number of benzene rings is 1. The summed E-state index contributed by atoms with van der Waals surface area (Å²) in [7, 11) is 0. The maximum Gasteiger partial charge on any atom is 0.123 e. The molecule has 0 heterocycles. The van der Waals surface area contributed by atoms with E-state index >= 15 is 0 Å². The van der Waals surface area contributed by atoms with Crippen molar-refractivity contribution in [3.8, 4) is 11.5 Å². The highest BCUT2D eigenvalue weighted by atomic mass is 16.3. The lowest BCUT2D eigenvalue weighted by atomic mass is 9.70. The highest BCUT2D eigenvalue weighted by molar-refractivity contribution is 5.50. The monoisotopic (exact) mass is 328 g/mol. The molecule has 0 aliphatic heterocycles. The Morgan fingerprint density at radius 2 is 1.83 bits per heavy atom. The van der Waals surface area contributed by atoms with Crippen molar-refractivity contribution in [2.24, 2.45) is 11.8 Å². The topological polar surface area (TPSA) is 40.5 Å². The molecule has 2 nitrogen and oxygen atoms in total. The third-order valence-corrected chi connectivity index (χ3v) is 5.32. The lowest BCUT2D eigenvalue weighted by Gasteiger charge is -2.35. The minimum atomic E-state index is 0.0982. The van der Waals surface area contributed by atoms with E-state index in [0.717, 1.165) is 31.2 Å². The van der Waals surface area contributed by atoms with Gasteiger partial charge < -0.3 is 10.2 Å². The number of phenolic OH excluding ortho intramolecular Hbond substituents is 2. The molecule has 1 aromatic rings. The van der Waals surface area contributed by atoms with Crippen LogP contribution in [0.2, 0.25) is 0 Å². The molecular weight excluding hydrogens is 296 g/mol. The van der Waals surface area contributed by atoms with Crippen LogP contribution in [0.5, 0.6) is 11.5 Å². The standard InChI is InChI=1S/C22H32O2/c1-14(2)7-6-8-17(5)18-10-9-15(3)11-19(18)22-20(23)12-16(4)13-21(22)24/h7,11-13,17-19,23-24H,6,8-10H2,1-5H3. The van der Waals surface area contributed by atoms with E-state index in [1.165, 1.54) is 11.1 Å². The lowest BCUT2D eigenvalue weighted by molar-refractivity contribution is 0.274. The number of phenols is 2. The number of aryl methyl sites for hydroxylation is 1. The Hall–Kier alpha value is -1.70. The quantitative estimate of drug-likeness (QED) is 0.629. The average Bonchev–Trinajstić information content (AvgIpc) is 2.45. The number of allylic oxidation sites excluding steroid dienone is 4. The first-order valence-corrected chi connectivity index (χ1v) is 9.12. The van der Waals surface area contributed by atoms with Crippen LogP contribution >= 0.6 is 0 Å². The van der Waals surface area contributed by atoms with Crippen LogP contribution < -0.4 is 0 Å². The van der Waals surface area contributed by atoms with Crippen molar-refractivity contribution in [3.63, 3.8) is 0 Å². The molecule has 0 saturated heterocycles. The molecule has 24 heavy (non-hydrogen) atoms. The molecule has 3 unspecified atom stereocenters. The Morgan fingerprint density at radius 3 is 2.42 bits per heavy atom. The summed E-state index contributed by atoms with van der Waals surface area (Å²) in [6.07, 6.45) is 9.04. The lowest BCUT2D eigenvalue weighted by Crippen LogP contribution is -2.23. The van der Waals surface area contributed by atoms with Crippen molar-refractivity contribution < 1.29 is 10.2 Å². The molecule has 0 amide bonds. The first kappa shape index (κ1) is 18.6. The van der Waals surface area contributed by atoms with Crippen molar-refractivity contribution in [2.75, 3.05) is 0 Å². The summed E-state index contributed by atoms with van der Waals surface area (Å²) in [5.41, 5.74) is 4.32. The van der Waals surface area contributed by atoms with Crippen LogP contribution in [0.15, 0.2) is 35.4 Å². The SMILES string of the molecule is CC(C)=CCCC(C)C1CCC(C)=CC1c1c(O)cc(C)cc1O. The summed E-state index contributed by atoms with van der Waals surface area (Å²) in [6, 6.07) is 3.52. The van der Waals surface area contributed by atoms with Crippen molar-refractivity contribution in [3.05, 3.63) is 46.6 Å². The molecule has 1 aromatic carbocycles. The maximum atomic E-state index is 10.5. The molecule has 0 radical (unpaired) electrons. The Labute approximate surface area is 146 Å². The van der Waals surface area contributed by atoms with Gasteiger partial charge in [0.05, 0.1) is 0 Å². The second-order valence-corrected chi connectivity index (χ2v) is 7.79. The summed E-state index contributed by atoms with van der Waals surface area (Å²) in [5, 5.41) is 20.9. The molecule has 1 aliphatic carbocycles. The van der Waals surface area contributed by atoms with Gasteiger partial charge in [-0.1, -0.05) is 30.2 Å². The Morgan fingerprint density at radius 1 is 1.21 bits per heavy atom. The Bertz CT molecular complexity index is 612. The molecule has 132 valence electrons. The van der Waals surface area contributed by atoms with E-state index in [-0.39, 0.29) is 17.4 Å². The highest BCUT2D eigenvalue weighted by Crippen LogP contribution is 2.47.